The zero-order valence-corrected chi connectivity index (χ0v) is 21.9. The summed E-state index contributed by atoms with van der Waals surface area (Å²) in [5.74, 6) is 2.20. The number of fused-ring (bicyclic) bond motifs is 1. The third-order valence-corrected chi connectivity index (χ3v) is 7.61. The molecule has 2 N–H and O–H groups in total. The largest absolute Gasteiger partial charge is 0.488 e. The summed E-state index contributed by atoms with van der Waals surface area (Å²) < 4.78 is 21.1. The Balaban J connectivity index is 1.30. The van der Waals surface area contributed by atoms with Crippen LogP contribution >= 0.6 is 0 Å². The summed E-state index contributed by atoms with van der Waals surface area (Å²) in [5, 5.41) is 6.61. The lowest BCUT2D eigenvalue weighted by atomic mass is 9.94. The molecule has 0 spiro atoms. The van der Waals surface area contributed by atoms with E-state index >= 15 is 4.39 Å². The Morgan fingerprint density at radius 1 is 1.05 bits per heavy atom. The Bertz CT molecular complexity index is 1260. The average molecular weight is 519 g/mol. The summed E-state index contributed by atoms with van der Waals surface area (Å²) in [6.45, 7) is 5.35. The van der Waals surface area contributed by atoms with Crippen molar-refractivity contribution in [2.75, 3.05) is 66.8 Å². The van der Waals surface area contributed by atoms with Gasteiger partial charge in [0.05, 0.1) is 12.7 Å². The molecule has 200 valence electrons. The van der Waals surface area contributed by atoms with Gasteiger partial charge in [0.25, 0.3) is 0 Å². The van der Waals surface area contributed by atoms with Crippen molar-refractivity contribution in [2.24, 2.45) is 0 Å². The minimum Gasteiger partial charge on any atom is -0.488 e. The number of nitrogens with one attached hydrogen (secondary N) is 2. The lowest BCUT2D eigenvalue weighted by Crippen LogP contribution is -2.44. The fourth-order valence-electron chi connectivity index (χ4n) is 5.51. The maximum absolute atomic E-state index is 15.4. The van der Waals surface area contributed by atoms with E-state index < -0.39 is 5.82 Å². The number of rotatable bonds is 6. The van der Waals surface area contributed by atoms with Gasteiger partial charge in [0.1, 0.15) is 12.4 Å². The highest BCUT2D eigenvalue weighted by atomic mass is 19.1. The van der Waals surface area contributed by atoms with Gasteiger partial charge in [0.2, 0.25) is 5.95 Å². The van der Waals surface area contributed by atoms with Crippen LogP contribution in [0.25, 0.3) is 0 Å². The van der Waals surface area contributed by atoms with Crippen LogP contribution in [-0.4, -0.2) is 72.3 Å². The number of pyridine rings is 1. The smallest absolute Gasteiger partial charge is 0.229 e. The molecule has 2 fully saturated rings. The fraction of sp³-hybridized carbons (Fsp3) is 0.464. The van der Waals surface area contributed by atoms with Gasteiger partial charge in [-0.05, 0) is 50.2 Å². The van der Waals surface area contributed by atoms with Gasteiger partial charge in [-0.25, -0.2) is 14.4 Å². The number of piperazine rings is 1. The first-order chi connectivity index (χ1) is 18.6. The standard InChI is InChI=1S/C28H35FN8O/c1-35-13-15-36(16-14-35)22-9-5-6-20(18-22)32-28-31-19-23(29)27(34-28)37(21-7-3-2-4-8-21)25-11-10-24-26(33-25)30-12-17-38-24/h5-6,9-11,18-19,21H,2-4,7-8,12-17H2,1H3,(H,30,33)(H,31,32,34). The maximum Gasteiger partial charge on any atom is 0.229 e. The maximum atomic E-state index is 15.4. The molecule has 2 aliphatic heterocycles. The molecule has 1 saturated heterocycles. The van der Waals surface area contributed by atoms with Crippen LogP contribution in [0.1, 0.15) is 32.1 Å². The van der Waals surface area contributed by atoms with Gasteiger partial charge in [0, 0.05) is 43.6 Å². The Kier molecular flexibility index (Phi) is 7.13. The van der Waals surface area contributed by atoms with E-state index in [-0.39, 0.29) is 11.9 Å². The van der Waals surface area contributed by atoms with E-state index in [0.29, 0.717) is 36.5 Å². The highest BCUT2D eigenvalue weighted by molar-refractivity contribution is 5.66. The molecular weight excluding hydrogens is 483 g/mol. The second-order valence-electron chi connectivity index (χ2n) is 10.3. The van der Waals surface area contributed by atoms with Crippen molar-refractivity contribution in [3.05, 3.63) is 48.4 Å². The molecule has 0 unspecified atom stereocenters. The Morgan fingerprint density at radius 3 is 2.74 bits per heavy atom. The predicted molar refractivity (Wildman–Crippen MR) is 149 cm³/mol. The zero-order chi connectivity index (χ0) is 25.9. The number of nitrogens with zero attached hydrogens (tertiary/aromatic N) is 6. The summed E-state index contributed by atoms with van der Waals surface area (Å²) >= 11 is 0. The number of benzene rings is 1. The molecule has 2 aromatic heterocycles. The molecule has 1 saturated carbocycles. The van der Waals surface area contributed by atoms with Crippen molar-refractivity contribution in [1.82, 2.24) is 19.9 Å². The third-order valence-electron chi connectivity index (χ3n) is 7.61. The Labute approximate surface area is 223 Å². The molecule has 0 radical (unpaired) electrons. The molecule has 0 atom stereocenters. The van der Waals surface area contributed by atoms with Crippen molar-refractivity contribution >= 4 is 34.8 Å². The summed E-state index contributed by atoms with van der Waals surface area (Å²) in [6.07, 6.45) is 6.57. The molecule has 3 aliphatic rings. The topological polar surface area (TPSA) is 81.7 Å². The third kappa shape index (κ3) is 5.31. The lowest BCUT2D eigenvalue weighted by molar-refractivity contribution is 0.313. The Morgan fingerprint density at radius 2 is 1.89 bits per heavy atom. The number of hydrogen-bond acceptors (Lipinski definition) is 9. The normalized spacial score (nSPS) is 18.3. The quantitative estimate of drug-likeness (QED) is 0.479. The minimum atomic E-state index is -0.462. The summed E-state index contributed by atoms with van der Waals surface area (Å²) in [5.41, 5.74) is 2.03. The van der Waals surface area contributed by atoms with Crippen LogP contribution in [0, 0.1) is 5.82 Å². The molecule has 3 aromatic rings. The molecule has 1 aromatic carbocycles. The molecule has 38 heavy (non-hydrogen) atoms. The first kappa shape index (κ1) is 24.7. The van der Waals surface area contributed by atoms with Crippen LogP contribution in [0.15, 0.2) is 42.6 Å². The highest BCUT2D eigenvalue weighted by Crippen LogP contribution is 2.37. The van der Waals surface area contributed by atoms with E-state index in [1.165, 1.54) is 12.6 Å². The van der Waals surface area contributed by atoms with Gasteiger partial charge < -0.3 is 30.1 Å². The van der Waals surface area contributed by atoms with Gasteiger partial charge >= 0.3 is 0 Å². The van der Waals surface area contributed by atoms with Gasteiger partial charge in [-0.1, -0.05) is 25.3 Å². The van der Waals surface area contributed by atoms with E-state index in [4.69, 9.17) is 14.7 Å². The molecule has 4 heterocycles. The number of aromatic nitrogens is 3. The predicted octanol–water partition coefficient (Wildman–Crippen LogP) is 4.78. The van der Waals surface area contributed by atoms with Crippen molar-refractivity contribution in [3.8, 4) is 5.75 Å². The fourth-order valence-corrected chi connectivity index (χ4v) is 5.51. The number of hydrogen-bond donors (Lipinski definition) is 2. The molecule has 1 aliphatic carbocycles. The SMILES string of the molecule is CN1CCN(c2cccc(Nc3ncc(F)c(N(c4ccc5c(n4)NCCO5)C4CCCCC4)n3)c2)CC1. The van der Waals surface area contributed by atoms with Crippen LogP contribution in [0.2, 0.25) is 0 Å². The van der Waals surface area contributed by atoms with E-state index in [9.17, 15) is 0 Å². The van der Waals surface area contributed by atoms with Crippen LogP contribution < -0.4 is 25.2 Å². The van der Waals surface area contributed by atoms with Gasteiger partial charge in [-0.3, -0.25) is 0 Å². The van der Waals surface area contributed by atoms with Crippen molar-refractivity contribution in [2.45, 2.75) is 38.1 Å². The van der Waals surface area contributed by atoms with Gasteiger partial charge in [-0.2, -0.15) is 4.98 Å². The lowest BCUT2D eigenvalue weighted by Gasteiger charge is -2.35. The monoisotopic (exact) mass is 518 g/mol. The van der Waals surface area contributed by atoms with Gasteiger partial charge in [0.15, 0.2) is 23.2 Å². The number of ether oxygens (including phenoxy) is 1. The second kappa shape index (κ2) is 11.0. The summed E-state index contributed by atoms with van der Waals surface area (Å²) in [4.78, 5) is 20.5. The molecule has 10 heteroatoms. The summed E-state index contributed by atoms with van der Waals surface area (Å²) in [6, 6.07) is 12.2. The average Bonchev–Trinajstić information content (AvgIpc) is 2.96. The van der Waals surface area contributed by atoms with E-state index in [1.807, 2.05) is 29.2 Å². The molecule has 0 bridgehead atoms. The van der Waals surface area contributed by atoms with Crippen LogP contribution in [0.3, 0.4) is 0 Å². The number of likely N-dealkylation sites (N-methyl/N-ethyl adjacent to an activating group) is 1. The number of anilines is 6. The zero-order valence-electron chi connectivity index (χ0n) is 21.9. The van der Waals surface area contributed by atoms with Crippen molar-refractivity contribution in [3.63, 3.8) is 0 Å². The highest BCUT2D eigenvalue weighted by Gasteiger charge is 2.29. The first-order valence-electron chi connectivity index (χ1n) is 13.6. The second-order valence-corrected chi connectivity index (χ2v) is 10.3. The molecule has 9 nitrogen and oxygen atoms in total. The molecular formula is C28H35FN8O. The van der Waals surface area contributed by atoms with E-state index in [2.05, 4.69) is 44.6 Å². The minimum absolute atomic E-state index is 0.108. The molecule has 6 rings (SSSR count). The Hall–Kier alpha value is -3.66. The van der Waals surface area contributed by atoms with Crippen molar-refractivity contribution < 1.29 is 9.13 Å². The molecule has 0 amide bonds. The van der Waals surface area contributed by atoms with E-state index in [0.717, 1.165) is 63.2 Å². The van der Waals surface area contributed by atoms with Crippen molar-refractivity contribution in [1.29, 1.82) is 0 Å². The van der Waals surface area contributed by atoms with Gasteiger partial charge in [-0.15, -0.1) is 0 Å². The van der Waals surface area contributed by atoms with Crippen LogP contribution in [-0.2, 0) is 0 Å². The summed E-state index contributed by atoms with van der Waals surface area (Å²) in [7, 11) is 2.15. The number of halogens is 1. The first-order valence-corrected chi connectivity index (χ1v) is 13.6. The van der Waals surface area contributed by atoms with Crippen LogP contribution in [0.4, 0.5) is 39.2 Å². The van der Waals surface area contributed by atoms with E-state index in [1.54, 1.807) is 0 Å². The van der Waals surface area contributed by atoms with Crippen LogP contribution in [0.5, 0.6) is 5.75 Å².